The van der Waals surface area contributed by atoms with Gasteiger partial charge in [0.25, 0.3) is 0 Å². The van der Waals surface area contributed by atoms with Gasteiger partial charge in [0, 0.05) is 11.6 Å². The molecule has 1 saturated carbocycles. The summed E-state index contributed by atoms with van der Waals surface area (Å²) in [4.78, 5) is 4.47. The molecule has 0 amide bonds. The topological polar surface area (TPSA) is 65.9 Å². The summed E-state index contributed by atoms with van der Waals surface area (Å²) in [6.45, 7) is 5.84. The molecule has 0 saturated heterocycles. The molecule has 1 unspecified atom stereocenters. The van der Waals surface area contributed by atoms with Gasteiger partial charge in [-0.3, -0.25) is 4.99 Å². The SMILES string of the molecule is CCNC(=NCC1(O)CCC1)NCC(C)Oc1ccc(Cl)cc1. The maximum absolute atomic E-state index is 10.1. The lowest BCUT2D eigenvalue weighted by atomic mass is 9.80. The van der Waals surface area contributed by atoms with E-state index in [1.54, 1.807) is 0 Å². The minimum atomic E-state index is -0.603. The van der Waals surface area contributed by atoms with Crippen LogP contribution < -0.4 is 15.4 Å². The van der Waals surface area contributed by atoms with Gasteiger partial charge in [-0.05, 0) is 57.4 Å². The standard InChI is InChI=1S/C17H26ClN3O2/c1-3-19-16(21-12-17(22)9-4-10-17)20-11-13(2)23-15-7-5-14(18)6-8-15/h5-8,13,22H,3-4,9-12H2,1-2H3,(H2,19,20,21). The van der Waals surface area contributed by atoms with Crippen molar-refractivity contribution >= 4 is 17.6 Å². The van der Waals surface area contributed by atoms with Crippen molar-refractivity contribution in [2.45, 2.75) is 44.8 Å². The van der Waals surface area contributed by atoms with Crippen molar-refractivity contribution in [3.05, 3.63) is 29.3 Å². The number of halogens is 1. The lowest BCUT2D eigenvalue weighted by molar-refractivity contribution is -0.0236. The molecule has 6 heteroatoms. The monoisotopic (exact) mass is 339 g/mol. The second-order valence-corrected chi connectivity index (χ2v) is 6.47. The van der Waals surface area contributed by atoms with Gasteiger partial charge in [-0.25, -0.2) is 0 Å². The second-order valence-electron chi connectivity index (χ2n) is 6.04. The third-order valence-corrected chi connectivity index (χ3v) is 4.12. The van der Waals surface area contributed by atoms with Crippen molar-refractivity contribution < 1.29 is 9.84 Å². The van der Waals surface area contributed by atoms with Crippen LogP contribution in [0.4, 0.5) is 0 Å². The van der Waals surface area contributed by atoms with Crippen LogP contribution in [0.15, 0.2) is 29.3 Å². The van der Waals surface area contributed by atoms with Crippen molar-refractivity contribution in [2.75, 3.05) is 19.6 Å². The van der Waals surface area contributed by atoms with E-state index in [0.717, 1.165) is 31.6 Å². The average molecular weight is 340 g/mol. The van der Waals surface area contributed by atoms with Gasteiger partial charge in [0.15, 0.2) is 5.96 Å². The van der Waals surface area contributed by atoms with Crippen molar-refractivity contribution in [1.82, 2.24) is 10.6 Å². The highest BCUT2D eigenvalue weighted by Gasteiger charge is 2.34. The third-order valence-electron chi connectivity index (χ3n) is 3.87. The van der Waals surface area contributed by atoms with Gasteiger partial charge in [-0.1, -0.05) is 11.6 Å². The summed E-state index contributed by atoms with van der Waals surface area (Å²) < 4.78 is 5.82. The van der Waals surface area contributed by atoms with Gasteiger partial charge in [-0.2, -0.15) is 0 Å². The molecule has 1 atom stereocenters. The first-order valence-electron chi connectivity index (χ1n) is 8.17. The molecule has 1 fully saturated rings. The number of hydrogen-bond donors (Lipinski definition) is 3. The van der Waals surface area contributed by atoms with Crippen LogP contribution in [0.3, 0.4) is 0 Å². The zero-order chi connectivity index (χ0) is 16.7. The fourth-order valence-corrected chi connectivity index (χ4v) is 2.46. The number of aliphatic hydroxyl groups is 1. The van der Waals surface area contributed by atoms with E-state index >= 15 is 0 Å². The molecule has 128 valence electrons. The highest BCUT2D eigenvalue weighted by atomic mass is 35.5. The van der Waals surface area contributed by atoms with Crippen LogP contribution in [0, 0.1) is 0 Å². The predicted molar refractivity (Wildman–Crippen MR) is 94.3 cm³/mol. The Morgan fingerprint density at radius 1 is 1.35 bits per heavy atom. The lowest BCUT2D eigenvalue weighted by Crippen LogP contribution is -2.45. The van der Waals surface area contributed by atoms with Crippen molar-refractivity contribution in [2.24, 2.45) is 4.99 Å². The Morgan fingerprint density at radius 2 is 2.04 bits per heavy atom. The van der Waals surface area contributed by atoms with E-state index in [4.69, 9.17) is 16.3 Å². The molecule has 2 rings (SSSR count). The summed E-state index contributed by atoms with van der Waals surface area (Å²) in [6.07, 6.45) is 2.74. The van der Waals surface area contributed by atoms with E-state index in [0.29, 0.717) is 24.1 Å². The van der Waals surface area contributed by atoms with E-state index < -0.39 is 5.60 Å². The summed E-state index contributed by atoms with van der Waals surface area (Å²) in [5.74, 6) is 1.49. The van der Waals surface area contributed by atoms with Gasteiger partial charge in [0.1, 0.15) is 11.9 Å². The zero-order valence-electron chi connectivity index (χ0n) is 13.8. The molecule has 23 heavy (non-hydrogen) atoms. The normalized spacial score (nSPS) is 18.0. The van der Waals surface area contributed by atoms with E-state index in [1.165, 1.54) is 0 Å². The number of ether oxygens (including phenoxy) is 1. The van der Waals surface area contributed by atoms with Crippen LogP contribution in [-0.4, -0.2) is 42.4 Å². The Morgan fingerprint density at radius 3 is 2.61 bits per heavy atom. The molecule has 5 nitrogen and oxygen atoms in total. The van der Waals surface area contributed by atoms with Crippen molar-refractivity contribution in [3.63, 3.8) is 0 Å². The smallest absolute Gasteiger partial charge is 0.191 e. The summed E-state index contributed by atoms with van der Waals surface area (Å²) >= 11 is 5.86. The molecule has 1 aliphatic carbocycles. The van der Waals surface area contributed by atoms with E-state index in [9.17, 15) is 5.11 Å². The number of benzene rings is 1. The minimum Gasteiger partial charge on any atom is -0.489 e. The summed E-state index contributed by atoms with van der Waals surface area (Å²) in [5, 5.41) is 17.3. The van der Waals surface area contributed by atoms with Crippen LogP contribution in [0.5, 0.6) is 5.75 Å². The zero-order valence-corrected chi connectivity index (χ0v) is 14.6. The van der Waals surface area contributed by atoms with Gasteiger partial charge < -0.3 is 20.5 Å². The van der Waals surface area contributed by atoms with Crippen LogP contribution in [-0.2, 0) is 0 Å². The Hall–Kier alpha value is -1.46. The minimum absolute atomic E-state index is 0.0215. The molecule has 0 radical (unpaired) electrons. The Bertz CT molecular complexity index is 515. The quantitative estimate of drug-likeness (QED) is 0.527. The molecule has 1 aromatic carbocycles. The molecular weight excluding hydrogens is 314 g/mol. The molecule has 0 aliphatic heterocycles. The van der Waals surface area contributed by atoms with Gasteiger partial charge in [-0.15, -0.1) is 0 Å². The fourth-order valence-electron chi connectivity index (χ4n) is 2.34. The Balaban J connectivity index is 1.80. The van der Waals surface area contributed by atoms with E-state index in [-0.39, 0.29) is 6.10 Å². The number of hydrogen-bond acceptors (Lipinski definition) is 3. The third kappa shape index (κ3) is 5.92. The second kappa shape index (κ2) is 8.41. The Kier molecular flexibility index (Phi) is 6.54. The largest absolute Gasteiger partial charge is 0.489 e. The number of aliphatic imine (C=N–C) groups is 1. The first-order chi connectivity index (χ1) is 11.0. The molecular formula is C17H26ClN3O2. The molecule has 0 aromatic heterocycles. The maximum Gasteiger partial charge on any atom is 0.191 e. The van der Waals surface area contributed by atoms with Crippen LogP contribution >= 0.6 is 11.6 Å². The fraction of sp³-hybridized carbons (Fsp3) is 0.588. The Labute approximate surface area is 143 Å². The average Bonchev–Trinajstić information content (AvgIpc) is 2.50. The highest BCUT2D eigenvalue weighted by Crippen LogP contribution is 2.31. The lowest BCUT2D eigenvalue weighted by Gasteiger charge is -2.35. The number of guanidine groups is 1. The van der Waals surface area contributed by atoms with Gasteiger partial charge in [0.05, 0.1) is 18.7 Å². The molecule has 0 bridgehead atoms. The van der Waals surface area contributed by atoms with E-state index in [1.807, 2.05) is 38.1 Å². The van der Waals surface area contributed by atoms with Crippen molar-refractivity contribution in [1.29, 1.82) is 0 Å². The first-order valence-corrected chi connectivity index (χ1v) is 8.55. The van der Waals surface area contributed by atoms with Gasteiger partial charge in [0.2, 0.25) is 0 Å². The van der Waals surface area contributed by atoms with Crippen LogP contribution in [0.1, 0.15) is 33.1 Å². The number of rotatable bonds is 7. The summed E-state index contributed by atoms with van der Waals surface area (Å²) in [6, 6.07) is 7.32. The highest BCUT2D eigenvalue weighted by molar-refractivity contribution is 6.30. The van der Waals surface area contributed by atoms with Crippen LogP contribution in [0.25, 0.3) is 0 Å². The number of nitrogens with one attached hydrogen (secondary N) is 2. The maximum atomic E-state index is 10.1. The molecule has 3 N–H and O–H groups in total. The van der Waals surface area contributed by atoms with Gasteiger partial charge >= 0.3 is 0 Å². The summed E-state index contributed by atoms with van der Waals surface area (Å²) in [7, 11) is 0. The van der Waals surface area contributed by atoms with Crippen LogP contribution in [0.2, 0.25) is 5.02 Å². The molecule has 1 aromatic rings. The molecule has 0 spiro atoms. The predicted octanol–water partition coefficient (Wildman–Crippen LogP) is 2.58. The van der Waals surface area contributed by atoms with Crippen molar-refractivity contribution in [3.8, 4) is 5.75 Å². The molecule has 0 heterocycles. The molecule has 1 aliphatic rings. The van der Waals surface area contributed by atoms with E-state index in [2.05, 4.69) is 15.6 Å². The summed E-state index contributed by atoms with van der Waals surface area (Å²) in [5.41, 5.74) is -0.603. The number of nitrogens with zero attached hydrogens (tertiary/aromatic N) is 1. The first kappa shape index (κ1) is 17.9.